The molecule has 1 atom stereocenters. The fourth-order valence-electron chi connectivity index (χ4n) is 1.17. The predicted molar refractivity (Wildman–Crippen MR) is 51.4 cm³/mol. The quantitative estimate of drug-likeness (QED) is 0.827. The lowest BCUT2D eigenvalue weighted by molar-refractivity contribution is 0.0925. The van der Waals surface area contributed by atoms with Gasteiger partial charge >= 0.3 is 0 Å². The molecule has 1 amide bonds. The third kappa shape index (κ3) is 2.08. The van der Waals surface area contributed by atoms with Gasteiger partial charge in [-0.3, -0.25) is 4.79 Å². The van der Waals surface area contributed by atoms with Crippen molar-refractivity contribution in [1.82, 2.24) is 20.6 Å². The standard InChI is InChI=1S/C9H10N4O3/c1-5(7-3-4-15-12-7)10-9(14)8-11-6(2)16-13-8/h3-5H,1-2H3,(H,10,14). The molecule has 7 heteroatoms. The molecule has 1 unspecified atom stereocenters. The van der Waals surface area contributed by atoms with Crippen LogP contribution < -0.4 is 5.32 Å². The number of amides is 1. The summed E-state index contributed by atoms with van der Waals surface area (Å²) in [6, 6.07) is 1.40. The lowest BCUT2D eigenvalue weighted by Gasteiger charge is -2.07. The van der Waals surface area contributed by atoms with E-state index in [0.717, 1.165) is 0 Å². The van der Waals surface area contributed by atoms with E-state index >= 15 is 0 Å². The normalized spacial score (nSPS) is 12.4. The van der Waals surface area contributed by atoms with Crippen LogP contribution in [-0.2, 0) is 0 Å². The highest BCUT2D eigenvalue weighted by Gasteiger charge is 2.17. The second-order valence-electron chi connectivity index (χ2n) is 3.26. The molecule has 2 heterocycles. The van der Waals surface area contributed by atoms with E-state index in [1.54, 1.807) is 19.9 Å². The van der Waals surface area contributed by atoms with E-state index in [4.69, 9.17) is 4.52 Å². The Morgan fingerprint density at radius 3 is 2.88 bits per heavy atom. The van der Waals surface area contributed by atoms with E-state index in [0.29, 0.717) is 11.6 Å². The number of aryl methyl sites for hydroxylation is 1. The Labute approximate surface area is 90.8 Å². The van der Waals surface area contributed by atoms with Crippen molar-refractivity contribution in [3.63, 3.8) is 0 Å². The summed E-state index contributed by atoms with van der Waals surface area (Å²) in [5, 5.41) is 9.89. The highest BCUT2D eigenvalue weighted by atomic mass is 16.5. The predicted octanol–water partition coefficient (Wildman–Crippen LogP) is 0.857. The molecule has 0 spiro atoms. The first-order valence-electron chi connectivity index (χ1n) is 4.68. The molecule has 2 rings (SSSR count). The number of hydrogen-bond donors (Lipinski definition) is 1. The van der Waals surface area contributed by atoms with Gasteiger partial charge in [-0.15, -0.1) is 0 Å². The van der Waals surface area contributed by atoms with E-state index in [1.165, 1.54) is 6.26 Å². The van der Waals surface area contributed by atoms with Crippen LogP contribution in [0, 0.1) is 6.92 Å². The van der Waals surface area contributed by atoms with Gasteiger partial charge in [0.1, 0.15) is 12.0 Å². The molecular formula is C9H10N4O3. The van der Waals surface area contributed by atoms with E-state index in [1.807, 2.05) is 0 Å². The SMILES string of the molecule is Cc1nc(C(=O)NC(C)c2ccon2)no1. The van der Waals surface area contributed by atoms with E-state index < -0.39 is 5.91 Å². The van der Waals surface area contributed by atoms with Gasteiger partial charge in [0, 0.05) is 13.0 Å². The number of nitrogens with one attached hydrogen (secondary N) is 1. The Morgan fingerprint density at radius 1 is 1.50 bits per heavy atom. The van der Waals surface area contributed by atoms with Gasteiger partial charge in [-0.05, 0) is 6.92 Å². The van der Waals surface area contributed by atoms with Crippen LogP contribution in [0.15, 0.2) is 21.4 Å². The van der Waals surface area contributed by atoms with Crippen LogP contribution in [0.1, 0.15) is 35.2 Å². The molecule has 0 saturated carbocycles. The van der Waals surface area contributed by atoms with Gasteiger partial charge in [-0.1, -0.05) is 10.3 Å². The second kappa shape index (κ2) is 4.13. The molecule has 84 valence electrons. The first kappa shape index (κ1) is 10.3. The van der Waals surface area contributed by atoms with E-state index in [-0.39, 0.29) is 11.9 Å². The summed E-state index contributed by atoms with van der Waals surface area (Å²) in [5.74, 6) is -0.0561. The molecule has 0 aliphatic carbocycles. The minimum absolute atomic E-state index is 0.00726. The van der Waals surface area contributed by atoms with Crippen molar-refractivity contribution in [2.45, 2.75) is 19.9 Å². The molecule has 2 aromatic heterocycles. The molecule has 0 fully saturated rings. The number of nitrogens with zero attached hydrogens (tertiary/aromatic N) is 3. The maximum Gasteiger partial charge on any atom is 0.293 e. The molecule has 0 radical (unpaired) electrons. The Balaban J connectivity index is 2.03. The second-order valence-corrected chi connectivity index (χ2v) is 3.26. The van der Waals surface area contributed by atoms with Gasteiger partial charge < -0.3 is 14.4 Å². The lowest BCUT2D eigenvalue weighted by Crippen LogP contribution is -2.27. The number of carbonyl (C=O) groups is 1. The number of hydrogen-bond acceptors (Lipinski definition) is 6. The average molecular weight is 222 g/mol. The Bertz CT molecular complexity index is 477. The smallest absolute Gasteiger partial charge is 0.293 e. The highest BCUT2D eigenvalue weighted by molar-refractivity contribution is 5.90. The molecule has 0 aliphatic heterocycles. The molecule has 0 aromatic carbocycles. The molecule has 0 aliphatic rings. The van der Waals surface area contributed by atoms with E-state index in [2.05, 4.69) is 25.1 Å². The summed E-state index contributed by atoms with van der Waals surface area (Å²) in [5.41, 5.74) is 0.633. The molecule has 0 bridgehead atoms. The summed E-state index contributed by atoms with van der Waals surface area (Å²) in [4.78, 5) is 15.4. The first-order chi connectivity index (χ1) is 7.66. The van der Waals surface area contributed by atoms with E-state index in [9.17, 15) is 4.79 Å². The summed E-state index contributed by atoms with van der Waals surface area (Å²) in [6.07, 6.45) is 1.44. The minimum Gasteiger partial charge on any atom is -0.364 e. The monoisotopic (exact) mass is 222 g/mol. The maximum atomic E-state index is 11.6. The number of aromatic nitrogens is 3. The third-order valence-corrected chi connectivity index (χ3v) is 1.98. The van der Waals surface area contributed by atoms with Gasteiger partial charge in [-0.2, -0.15) is 4.98 Å². The minimum atomic E-state index is -0.410. The summed E-state index contributed by atoms with van der Waals surface area (Å²) in [7, 11) is 0. The molecule has 0 saturated heterocycles. The van der Waals surface area contributed by atoms with Crippen molar-refractivity contribution in [2.75, 3.05) is 0 Å². The van der Waals surface area contributed by atoms with Gasteiger partial charge in [0.05, 0.1) is 6.04 Å². The average Bonchev–Trinajstić information content (AvgIpc) is 2.87. The number of carbonyl (C=O) groups excluding carboxylic acids is 1. The van der Waals surface area contributed by atoms with Gasteiger partial charge in [-0.25, -0.2) is 0 Å². The van der Waals surface area contributed by atoms with Crippen LogP contribution in [0.25, 0.3) is 0 Å². The van der Waals surface area contributed by atoms with Crippen LogP contribution in [0.3, 0.4) is 0 Å². The van der Waals surface area contributed by atoms with Crippen LogP contribution in [0.5, 0.6) is 0 Å². The first-order valence-corrected chi connectivity index (χ1v) is 4.68. The van der Waals surface area contributed by atoms with Crippen molar-refractivity contribution in [3.05, 3.63) is 29.7 Å². The molecule has 16 heavy (non-hydrogen) atoms. The summed E-state index contributed by atoms with van der Waals surface area (Å²) >= 11 is 0. The van der Waals surface area contributed by atoms with Crippen molar-refractivity contribution < 1.29 is 13.8 Å². The molecule has 1 N–H and O–H groups in total. The van der Waals surface area contributed by atoms with Crippen LogP contribution >= 0.6 is 0 Å². The van der Waals surface area contributed by atoms with Crippen LogP contribution in [0.4, 0.5) is 0 Å². The topological polar surface area (TPSA) is 94.1 Å². The van der Waals surface area contributed by atoms with Crippen molar-refractivity contribution in [2.24, 2.45) is 0 Å². The third-order valence-electron chi connectivity index (χ3n) is 1.98. The maximum absolute atomic E-state index is 11.6. The van der Waals surface area contributed by atoms with Crippen molar-refractivity contribution >= 4 is 5.91 Å². The van der Waals surface area contributed by atoms with Crippen molar-refractivity contribution in [3.8, 4) is 0 Å². The van der Waals surface area contributed by atoms with Gasteiger partial charge in [0.2, 0.25) is 5.89 Å². The zero-order valence-corrected chi connectivity index (χ0v) is 8.80. The summed E-state index contributed by atoms with van der Waals surface area (Å²) in [6.45, 7) is 3.40. The molecule has 7 nitrogen and oxygen atoms in total. The fourth-order valence-corrected chi connectivity index (χ4v) is 1.17. The Morgan fingerprint density at radius 2 is 2.31 bits per heavy atom. The van der Waals surface area contributed by atoms with Gasteiger partial charge in [0.15, 0.2) is 0 Å². The lowest BCUT2D eigenvalue weighted by atomic mass is 10.2. The zero-order valence-electron chi connectivity index (χ0n) is 8.80. The van der Waals surface area contributed by atoms with Gasteiger partial charge in [0.25, 0.3) is 11.7 Å². The Hall–Kier alpha value is -2.18. The van der Waals surface area contributed by atoms with Crippen molar-refractivity contribution in [1.29, 1.82) is 0 Å². The number of rotatable bonds is 3. The molecular weight excluding hydrogens is 212 g/mol. The fraction of sp³-hybridized carbons (Fsp3) is 0.333. The Kier molecular flexibility index (Phi) is 2.67. The van der Waals surface area contributed by atoms with Crippen LogP contribution in [0.2, 0.25) is 0 Å². The highest BCUT2D eigenvalue weighted by Crippen LogP contribution is 2.09. The molecule has 2 aromatic rings. The summed E-state index contributed by atoms with van der Waals surface area (Å²) < 4.78 is 9.38. The zero-order chi connectivity index (χ0) is 11.5. The largest absolute Gasteiger partial charge is 0.364 e. The van der Waals surface area contributed by atoms with Crippen LogP contribution in [-0.4, -0.2) is 21.2 Å².